The lowest BCUT2D eigenvalue weighted by atomic mass is 9.93. The molecular formula is C10H15N3. The summed E-state index contributed by atoms with van der Waals surface area (Å²) in [6.45, 7) is 3.39. The first-order valence-electron chi connectivity index (χ1n) is 4.84. The van der Waals surface area contributed by atoms with Crippen LogP contribution in [0.25, 0.3) is 0 Å². The Morgan fingerprint density at radius 1 is 1.31 bits per heavy atom. The van der Waals surface area contributed by atoms with Gasteiger partial charge in [0, 0.05) is 24.0 Å². The quantitative estimate of drug-likeness (QED) is 0.707. The number of hydrogen-bond donors (Lipinski definition) is 1. The van der Waals surface area contributed by atoms with Gasteiger partial charge in [-0.25, -0.2) is 9.97 Å². The van der Waals surface area contributed by atoms with Crippen molar-refractivity contribution in [1.82, 2.24) is 15.3 Å². The molecule has 2 unspecified atom stereocenters. The molecule has 2 rings (SSSR count). The molecule has 0 saturated carbocycles. The van der Waals surface area contributed by atoms with E-state index in [9.17, 15) is 0 Å². The van der Waals surface area contributed by atoms with Gasteiger partial charge in [-0.15, -0.1) is 0 Å². The average Bonchev–Trinajstić information content (AvgIpc) is 2.20. The molecule has 13 heavy (non-hydrogen) atoms. The van der Waals surface area contributed by atoms with Gasteiger partial charge in [-0.3, -0.25) is 0 Å². The molecule has 1 aromatic rings. The topological polar surface area (TPSA) is 37.8 Å². The van der Waals surface area contributed by atoms with E-state index in [2.05, 4.69) is 22.2 Å². The van der Waals surface area contributed by atoms with E-state index in [1.807, 2.05) is 12.4 Å². The summed E-state index contributed by atoms with van der Waals surface area (Å²) >= 11 is 0. The van der Waals surface area contributed by atoms with Gasteiger partial charge in [-0.05, 0) is 25.3 Å². The highest BCUT2D eigenvalue weighted by molar-refractivity contribution is 5.09. The number of rotatable bonds is 1. The SMILES string of the molecule is CC1CCC(c2cncnc2)NC1. The summed E-state index contributed by atoms with van der Waals surface area (Å²) in [4.78, 5) is 8.06. The summed E-state index contributed by atoms with van der Waals surface area (Å²) in [5.41, 5.74) is 1.22. The predicted octanol–water partition coefficient (Wildman–Crippen LogP) is 1.54. The Labute approximate surface area is 78.6 Å². The second-order valence-corrected chi connectivity index (χ2v) is 3.82. The summed E-state index contributed by atoms with van der Waals surface area (Å²) in [5, 5.41) is 3.51. The average molecular weight is 177 g/mol. The van der Waals surface area contributed by atoms with E-state index in [0.29, 0.717) is 6.04 Å². The van der Waals surface area contributed by atoms with Crippen molar-refractivity contribution in [3.63, 3.8) is 0 Å². The first kappa shape index (κ1) is 8.63. The minimum atomic E-state index is 0.470. The van der Waals surface area contributed by atoms with Gasteiger partial charge in [-0.2, -0.15) is 0 Å². The number of piperidine rings is 1. The number of nitrogens with one attached hydrogen (secondary N) is 1. The van der Waals surface area contributed by atoms with Crippen LogP contribution < -0.4 is 5.32 Å². The van der Waals surface area contributed by atoms with Crippen molar-refractivity contribution < 1.29 is 0 Å². The fourth-order valence-corrected chi connectivity index (χ4v) is 1.77. The van der Waals surface area contributed by atoms with Crippen LogP contribution in [0.4, 0.5) is 0 Å². The zero-order chi connectivity index (χ0) is 9.10. The normalized spacial score (nSPS) is 28.7. The summed E-state index contributed by atoms with van der Waals surface area (Å²) in [6.07, 6.45) is 7.89. The van der Waals surface area contributed by atoms with Crippen LogP contribution in [0.3, 0.4) is 0 Å². The van der Waals surface area contributed by atoms with Crippen LogP contribution in [0.15, 0.2) is 18.7 Å². The minimum absolute atomic E-state index is 0.470. The van der Waals surface area contributed by atoms with Gasteiger partial charge in [0.2, 0.25) is 0 Å². The maximum absolute atomic E-state index is 4.03. The molecule has 1 fully saturated rings. The van der Waals surface area contributed by atoms with Crippen LogP contribution in [-0.4, -0.2) is 16.5 Å². The Morgan fingerprint density at radius 2 is 2.08 bits per heavy atom. The van der Waals surface area contributed by atoms with E-state index in [1.54, 1.807) is 6.33 Å². The summed E-state index contributed by atoms with van der Waals surface area (Å²) in [7, 11) is 0. The smallest absolute Gasteiger partial charge is 0.115 e. The second kappa shape index (κ2) is 3.83. The van der Waals surface area contributed by atoms with Crippen molar-refractivity contribution in [2.75, 3.05) is 6.54 Å². The van der Waals surface area contributed by atoms with E-state index in [4.69, 9.17) is 0 Å². The van der Waals surface area contributed by atoms with Crippen LogP contribution in [-0.2, 0) is 0 Å². The maximum atomic E-state index is 4.03. The Bertz CT molecular complexity index is 252. The summed E-state index contributed by atoms with van der Waals surface area (Å²) < 4.78 is 0. The van der Waals surface area contributed by atoms with Crippen molar-refractivity contribution in [3.05, 3.63) is 24.3 Å². The van der Waals surface area contributed by atoms with E-state index in [0.717, 1.165) is 12.5 Å². The molecule has 1 aliphatic rings. The molecule has 2 heterocycles. The van der Waals surface area contributed by atoms with Gasteiger partial charge < -0.3 is 5.32 Å². The van der Waals surface area contributed by atoms with Crippen molar-refractivity contribution in [2.45, 2.75) is 25.8 Å². The molecule has 3 heteroatoms. The van der Waals surface area contributed by atoms with Crippen LogP contribution >= 0.6 is 0 Å². The molecule has 0 radical (unpaired) electrons. The van der Waals surface area contributed by atoms with Crippen LogP contribution in [0, 0.1) is 5.92 Å². The molecule has 0 aromatic carbocycles. The molecule has 70 valence electrons. The number of aromatic nitrogens is 2. The highest BCUT2D eigenvalue weighted by Gasteiger charge is 2.18. The van der Waals surface area contributed by atoms with E-state index in [1.165, 1.54) is 18.4 Å². The fourth-order valence-electron chi connectivity index (χ4n) is 1.77. The first-order valence-corrected chi connectivity index (χ1v) is 4.84. The molecule has 1 aromatic heterocycles. The second-order valence-electron chi connectivity index (χ2n) is 3.82. The fraction of sp³-hybridized carbons (Fsp3) is 0.600. The minimum Gasteiger partial charge on any atom is -0.310 e. The van der Waals surface area contributed by atoms with Crippen LogP contribution in [0.5, 0.6) is 0 Å². The Balaban J connectivity index is 2.03. The molecule has 0 aliphatic carbocycles. The van der Waals surface area contributed by atoms with Gasteiger partial charge in [0.15, 0.2) is 0 Å². The van der Waals surface area contributed by atoms with Crippen LogP contribution in [0.1, 0.15) is 31.4 Å². The highest BCUT2D eigenvalue weighted by Crippen LogP contribution is 2.23. The molecule has 0 bridgehead atoms. The van der Waals surface area contributed by atoms with Crippen molar-refractivity contribution in [1.29, 1.82) is 0 Å². The summed E-state index contributed by atoms with van der Waals surface area (Å²) in [6, 6.07) is 0.470. The van der Waals surface area contributed by atoms with Gasteiger partial charge in [-0.1, -0.05) is 6.92 Å². The lowest BCUT2D eigenvalue weighted by Gasteiger charge is -2.27. The molecule has 0 spiro atoms. The predicted molar refractivity (Wildman–Crippen MR) is 51.2 cm³/mol. The van der Waals surface area contributed by atoms with Gasteiger partial charge in [0.25, 0.3) is 0 Å². The molecule has 0 amide bonds. The third kappa shape index (κ3) is 2.04. The molecule has 1 N–H and O–H groups in total. The zero-order valence-corrected chi connectivity index (χ0v) is 7.90. The van der Waals surface area contributed by atoms with Gasteiger partial charge >= 0.3 is 0 Å². The Kier molecular flexibility index (Phi) is 2.54. The lowest BCUT2D eigenvalue weighted by molar-refractivity contribution is 0.332. The third-order valence-electron chi connectivity index (χ3n) is 2.64. The highest BCUT2D eigenvalue weighted by atomic mass is 14.9. The lowest BCUT2D eigenvalue weighted by Crippen LogP contribution is -2.31. The van der Waals surface area contributed by atoms with Crippen molar-refractivity contribution in [2.24, 2.45) is 5.92 Å². The van der Waals surface area contributed by atoms with Crippen LogP contribution in [0.2, 0.25) is 0 Å². The van der Waals surface area contributed by atoms with Crippen molar-refractivity contribution >= 4 is 0 Å². The maximum Gasteiger partial charge on any atom is 0.115 e. The monoisotopic (exact) mass is 177 g/mol. The number of nitrogens with zero attached hydrogens (tertiary/aromatic N) is 2. The zero-order valence-electron chi connectivity index (χ0n) is 7.90. The Morgan fingerprint density at radius 3 is 2.69 bits per heavy atom. The van der Waals surface area contributed by atoms with Gasteiger partial charge in [0.05, 0.1) is 0 Å². The molecule has 1 aliphatic heterocycles. The van der Waals surface area contributed by atoms with Gasteiger partial charge in [0.1, 0.15) is 6.33 Å². The first-order chi connectivity index (χ1) is 6.36. The van der Waals surface area contributed by atoms with E-state index in [-0.39, 0.29) is 0 Å². The van der Waals surface area contributed by atoms with Crippen molar-refractivity contribution in [3.8, 4) is 0 Å². The number of hydrogen-bond acceptors (Lipinski definition) is 3. The third-order valence-corrected chi connectivity index (χ3v) is 2.64. The largest absolute Gasteiger partial charge is 0.310 e. The Hall–Kier alpha value is -0.960. The van der Waals surface area contributed by atoms with E-state index < -0.39 is 0 Å². The molecule has 2 atom stereocenters. The van der Waals surface area contributed by atoms with E-state index >= 15 is 0 Å². The molecular weight excluding hydrogens is 162 g/mol. The molecule has 3 nitrogen and oxygen atoms in total. The molecule has 1 saturated heterocycles. The summed E-state index contributed by atoms with van der Waals surface area (Å²) in [5.74, 6) is 0.806. The standard InChI is InChI=1S/C10H15N3/c1-8-2-3-10(13-4-8)9-5-11-7-12-6-9/h5-8,10,13H,2-4H2,1H3.